The van der Waals surface area contributed by atoms with Gasteiger partial charge in [-0.15, -0.1) is 11.3 Å². The molecule has 3 heterocycles. The lowest BCUT2D eigenvalue weighted by Gasteiger charge is -2.33. The molecule has 11 heteroatoms. The maximum absolute atomic E-state index is 12.8. The van der Waals surface area contributed by atoms with Crippen molar-refractivity contribution in [2.75, 3.05) is 26.2 Å². The molecule has 0 atom stereocenters. The maximum atomic E-state index is 12.8. The quantitative estimate of drug-likeness (QED) is 0.433. The summed E-state index contributed by atoms with van der Waals surface area (Å²) >= 11 is 1.54. The molecule has 3 aromatic rings. The van der Waals surface area contributed by atoms with Crippen LogP contribution in [0.2, 0.25) is 0 Å². The zero-order valence-corrected chi connectivity index (χ0v) is 16.9. The second kappa shape index (κ2) is 8.03. The normalized spacial score (nSPS) is 16.1. The van der Waals surface area contributed by atoms with Crippen molar-refractivity contribution in [2.45, 2.75) is 11.4 Å². The third-order valence-electron chi connectivity index (χ3n) is 4.68. The van der Waals surface area contributed by atoms with Gasteiger partial charge in [0, 0.05) is 43.7 Å². The van der Waals surface area contributed by atoms with Crippen LogP contribution in [-0.4, -0.2) is 53.7 Å². The molecule has 2 aromatic heterocycles. The first-order chi connectivity index (χ1) is 13.9. The molecule has 0 saturated carbocycles. The second-order valence-corrected chi connectivity index (χ2v) is 9.42. The van der Waals surface area contributed by atoms with E-state index in [0.717, 1.165) is 22.5 Å². The van der Waals surface area contributed by atoms with Crippen LogP contribution in [0.1, 0.15) is 5.01 Å². The van der Waals surface area contributed by atoms with Crippen LogP contribution in [-0.2, 0) is 16.6 Å². The highest BCUT2D eigenvalue weighted by Gasteiger charge is 2.29. The number of sulfonamides is 1. The standard InChI is InChI=1S/C18H18N4O5S2/c23-22(24)14-3-1-4-15(11-14)29(25,26)21-8-6-20(7-9-21)12-18-19-16(13-28-18)17-5-2-10-27-17/h1-5,10-11,13H,6-9,12H2. The van der Waals surface area contributed by atoms with Crippen molar-refractivity contribution >= 4 is 27.0 Å². The lowest BCUT2D eigenvalue weighted by atomic mass is 10.3. The number of piperazine rings is 1. The Labute approximate surface area is 171 Å². The van der Waals surface area contributed by atoms with Crippen molar-refractivity contribution in [3.05, 3.63) is 63.2 Å². The molecule has 1 fully saturated rings. The number of nitro groups is 1. The van der Waals surface area contributed by atoms with Gasteiger partial charge in [0.25, 0.3) is 5.69 Å². The molecule has 152 valence electrons. The minimum atomic E-state index is -3.76. The Morgan fingerprint density at radius 1 is 1.17 bits per heavy atom. The number of hydrogen-bond acceptors (Lipinski definition) is 8. The minimum Gasteiger partial charge on any atom is -0.463 e. The van der Waals surface area contributed by atoms with Crippen molar-refractivity contribution in [3.8, 4) is 11.5 Å². The summed E-state index contributed by atoms with van der Waals surface area (Å²) < 4.78 is 32.4. The van der Waals surface area contributed by atoms with E-state index < -0.39 is 14.9 Å². The molecule has 1 aliphatic rings. The van der Waals surface area contributed by atoms with E-state index in [2.05, 4.69) is 9.88 Å². The predicted molar refractivity (Wildman–Crippen MR) is 107 cm³/mol. The molecule has 0 aliphatic carbocycles. The lowest BCUT2D eigenvalue weighted by molar-refractivity contribution is -0.385. The third kappa shape index (κ3) is 4.22. The van der Waals surface area contributed by atoms with Crippen molar-refractivity contribution in [3.63, 3.8) is 0 Å². The average molecular weight is 434 g/mol. The number of thiazole rings is 1. The van der Waals surface area contributed by atoms with Gasteiger partial charge in [0.15, 0.2) is 5.76 Å². The highest BCUT2D eigenvalue weighted by Crippen LogP contribution is 2.25. The number of hydrogen-bond donors (Lipinski definition) is 0. The molecule has 4 rings (SSSR count). The van der Waals surface area contributed by atoms with Crippen LogP contribution in [0.3, 0.4) is 0 Å². The molecule has 1 aliphatic heterocycles. The van der Waals surface area contributed by atoms with E-state index in [0.29, 0.717) is 32.7 Å². The Morgan fingerprint density at radius 2 is 1.97 bits per heavy atom. The molecule has 0 amide bonds. The molecule has 0 bridgehead atoms. The van der Waals surface area contributed by atoms with Crippen LogP contribution in [0.4, 0.5) is 5.69 Å². The van der Waals surface area contributed by atoms with Gasteiger partial charge in [0.05, 0.1) is 22.6 Å². The van der Waals surface area contributed by atoms with E-state index in [9.17, 15) is 18.5 Å². The summed E-state index contributed by atoms with van der Waals surface area (Å²) in [5.74, 6) is 0.723. The summed E-state index contributed by atoms with van der Waals surface area (Å²) in [6, 6.07) is 8.84. The summed E-state index contributed by atoms with van der Waals surface area (Å²) in [6.45, 7) is 2.40. The van der Waals surface area contributed by atoms with Crippen LogP contribution in [0.25, 0.3) is 11.5 Å². The molecule has 1 aromatic carbocycles. The molecule has 0 radical (unpaired) electrons. The van der Waals surface area contributed by atoms with Gasteiger partial charge in [-0.2, -0.15) is 4.31 Å². The number of non-ortho nitro benzene ring substituents is 1. The highest BCUT2D eigenvalue weighted by molar-refractivity contribution is 7.89. The predicted octanol–water partition coefficient (Wildman–Crippen LogP) is 2.82. The fraction of sp³-hybridized carbons (Fsp3) is 0.278. The first-order valence-electron chi connectivity index (χ1n) is 8.89. The van der Waals surface area contributed by atoms with Crippen LogP contribution < -0.4 is 0 Å². The van der Waals surface area contributed by atoms with E-state index in [1.807, 2.05) is 17.5 Å². The van der Waals surface area contributed by atoms with Gasteiger partial charge >= 0.3 is 0 Å². The van der Waals surface area contributed by atoms with Crippen molar-refractivity contribution in [1.82, 2.24) is 14.2 Å². The van der Waals surface area contributed by atoms with E-state index >= 15 is 0 Å². The molecular formula is C18H18N4O5S2. The van der Waals surface area contributed by atoms with Gasteiger partial charge in [0.2, 0.25) is 10.0 Å². The minimum absolute atomic E-state index is 0.0526. The largest absolute Gasteiger partial charge is 0.463 e. The van der Waals surface area contributed by atoms with E-state index in [-0.39, 0.29) is 10.6 Å². The summed E-state index contributed by atoms with van der Waals surface area (Å²) in [6.07, 6.45) is 1.61. The molecule has 0 unspecified atom stereocenters. The van der Waals surface area contributed by atoms with Crippen LogP contribution in [0.5, 0.6) is 0 Å². The average Bonchev–Trinajstić information content (AvgIpc) is 3.40. The number of nitro benzene ring substituents is 1. The lowest BCUT2D eigenvalue weighted by Crippen LogP contribution is -2.48. The first-order valence-corrected chi connectivity index (χ1v) is 11.2. The molecule has 1 saturated heterocycles. The fourth-order valence-corrected chi connectivity index (χ4v) is 5.43. The van der Waals surface area contributed by atoms with E-state index in [1.165, 1.54) is 22.5 Å². The zero-order chi connectivity index (χ0) is 20.4. The van der Waals surface area contributed by atoms with Crippen molar-refractivity contribution < 1.29 is 17.8 Å². The van der Waals surface area contributed by atoms with Crippen LogP contribution in [0, 0.1) is 10.1 Å². The fourth-order valence-electron chi connectivity index (χ4n) is 3.15. The number of benzene rings is 1. The number of aromatic nitrogens is 1. The molecule has 0 spiro atoms. The summed E-state index contributed by atoms with van der Waals surface area (Å²) in [5.41, 5.74) is 0.558. The van der Waals surface area contributed by atoms with Gasteiger partial charge in [-0.05, 0) is 18.2 Å². The second-order valence-electron chi connectivity index (χ2n) is 6.54. The Balaban J connectivity index is 1.39. The Bertz CT molecular complexity index is 1100. The Hall–Kier alpha value is -2.60. The maximum Gasteiger partial charge on any atom is 0.270 e. The van der Waals surface area contributed by atoms with Crippen molar-refractivity contribution in [2.24, 2.45) is 0 Å². The van der Waals surface area contributed by atoms with Gasteiger partial charge < -0.3 is 4.42 Å². The third-order valence-corrected chi connectivity index (χ3v) is 7.41. The molecule has 0 N–H and O–H groups in total. The summed E-state index contributed by atoms with van der Waals surface area (Å²) in [5, 5.41) is 13.8. The molecule has 29 heavy (non-hydrogen) atoms. The monoisotopic (exact) mass is 434 g/mol. The summed E-state index contributed by atoms with van der Waals surface area (Å²) in [4.78, 5) is 17.0. The number of nitrogens with zero attached hydrogens (tertiary/aromatic N) is 4. The zero-order valence-electron chi connectivity index (χ0n) is 15.3. The molecular weight excluding hydrogens is 416 g/mol. The summed E-state index contributed by atoms with van der Waals surface area (Å²) in [7, 11) is -3.76. The molecule has 9 nitrogen and oxygen atoms in total. The first kappa shape index (κ1) is 19.7. The van der Waals surface area contributed by atoms with Gasteiger partial charge in [0.1, 0.15) is 10.7 Å². The van der Waals surface area contributed by atoms with Gasteiger partial charge in [-0.25, -0.2) is 13.4 Å². The van der Waals surface area contributed by atoms with Crippen LogP contribution >= 0.6 is 11.3 Å². The SMILES string of the molecule is O=[N+]([O-])c1cccc(S(=O)(=O)N2CCN(Cc3nc(-c4ccco4)cs3)CC2)c1. The van der Waals surface area contributed by atoms with Gasteiger partial charge in [-0.1, -0.05) is 6.07 Å². The van der Waals surface area contributed by atoms with Crippen LogP contribution in [0.15, 0.2) is 57.4 Å². The van der Waals surface area contributed by atoms with Gasteiger partial charge in [-0.3, -0.25) is 15.0 Å². The van der Waals surface area contributed by atoms with Crippen molar-refractivity contribution in [1.29, 1.82) is 0 Å². The topological polar surface area (TPSA) is 110 Å². The van der Waals surface area contributed by atoms with E-state index in [1.54, 1.807) is 17.6 Å². The highest BCUT2D eigenvalue weighted by atomic mass is 32.2. The Kier molecular flexibility index (Phi) is 5.46. The number of rotatable bonds is 6. The smallest absolute Gasteiger partial charge is 0.270 e. The Morgan fingerprint density at radius 3 is 2.66 bits per heavy atom. The number of furan rings is 1. The van der Waals surface area contributed by atoms with E-state index in [4.69, 9.17) is 4.42 Å².